The van der Waals surface area contributed by atoms with Crippen LogP contribution in [0.2, 0.25) is 0 Å². The predicted octanol–water partition coefficient (Wildman–Crippen LogP) is 1.05. The van der Waals surface area contributed by atoms with E-state index >= 15 is 0 Å². The second-order valence-corrected chi connectivity index (χ2v) is 2.74. The number of anilines is 1. The topological polar surface area (TPSA) is 84.2 Å². The maximum Gasteiger partial charge on any atom is 0.323 e. The number of urea groups is 1. The molecule has 0 aliphatic heterocycles. The first-order valence-electron chi connectivity index (χ1n) is 4.22. The lowest BCUT2D eigenvalue weighted by molar-refractivity contribution is 0.100. The number of carbonyl (C=O) groups is 2. The van der Waals surface area contributed by atoms with Crippen LogP contribution in [0.4, 0.5) is 10.5 Å². The van der Waals surface area contributed by atoms with Crippen LogP contribution < -0.4 is 16.4 Å². The van der Waals surface area contributed by atoms with Crippen LogP contribution in [0.25, 0.3) is 0 Å². The molecule has 0 aromatic heterocycles. The zero-order valence-corrected chi connectivity index (χ0v) is 7.99. The largest absolute Gasteiger partial charge is 0.366 e. The Morgan fingerprint density at radius 3 is 2.33 bits per heavy atom. The number of nitrogens with one attached hydrogen (secondary N) is 2. The van der Waals surface area contributed by atoms with E-state index < -0.39 is 11.9 Å². The van der Waals surface area contributed by atoms with Gasteiger partial charge in [-0.15, -0.1) is 0 Å². The Kier molecular flexibility index (Phi) is 3.45. The third-order valence-electron chi connectivity index (χ3n) is 1.66. The lowest BCUT2D eigenvalue weighted by Crippen LogP contribution is -2.23. The minimum atomic E-state index is -0.503. The molecule has 1 aromatic carbocycles. The van der Waals surface area contributed by atoms with Crippen LogP contribution in [0.3, 0.4) is 0 Å². The second kappa shape index (κ2) is 4.80. The highest BCUT2D eigenvalue weighted by Crippen LogP contribution is 2.08. The molecule has 4 N–H and O–H groups in total. The van der Waals surface area contributed by atoms with Gasteiger partial charge in [0.15, 0.2) is 0 Å². The van der Waals surface area contributed by atoms with E-state index in [1.54, 1.807) is 12.1 Å². The lowest BCUT2D eigenvalue weighted by Gasteiger charge is -2.04. The Labute approximate surface area is 87.0 Å². The number of primary amides is 1. The van der Waals surface area contributed by atoms with Gasteiger partial charge in [-0.1, -0.05) is 6.58 Å². The molecule has 15 heavy (non-hydrogen) atoms. The second-order valence-electron chi connectivity index (χ2n) is 2.74. The van der Waals surface area contributed by atoms with Gasteiger partial charge < -0.3 is 16.4 Å². The summed E-state index contributed by atoms with van der Waals surface area (Å²) in [5.41, 5.74) is 6.02. The first-order valence-corrected chi connectivity index (χ1v) is 4.22. The van der Waals surface area contributed by atoms with Gasteiger partial charge >= 0.3 is 6.03 Å². The van der Waals surface area contributed by atoms with Crippen molar-refractivity contribution < 1.29 is 9.59 Å². The molecule has 0 atom stereocenters. The van der Waals surface area contributed by atoms with Gasteiger partial charge in [0.25, 0.3) is 0 Å². The molecule has 0 spiro atoms. The van der Waals surface area contributed by atoms with E-state index in [9.17, 15) is 9.59 Å². The Hall–Kier alpha value is -2.30. The third kappa shape index (κ3) is 3.15. The zero-order valence-electron chi connectivity index (χ0n) is 7.99. The van der Waals surface area contributed by atoms with E-state index in [1.807, 2.05) is 0 Å². The standard InChI is InChI=1S/C10H11N3O2/c1-2-12-10(15)13-8-5-3-7(4-6-8)9(11)14/h2-6H,1H2,(H2,11,14)(H2,12,13,15). The molecule has 0 aliphatic rings. The van der Waals surface area contributed by atoms with Gasteiger partial charge in [-0.3, -0.25) is 4.79 Å². The number of carbonyl (C=O) groups excluding carboxylic acids is 2. The summed E-state index contributed by atoms with van der Waals surface area (Å²) >= 11 is 0. The number of hydrogen-bond donors (Lipinski definition) is 3. The first kappa shape index (κ1) is 10.8. The van der Waals surface area contributed by atoms with E-state index in [0.29, 0.717) is 11.3 Å². The SMILES string of the molecule is C=CNC(=O)Nc1ccc(C(N)=O)cc1. The molecule has 0 saturated carbocycles. The molecule has 0 radical (unpaired) electrons. The summed E-state index contributed by atoms with van der Waals surface area (Å²) < 4.78 is 0. The summed E-state index contributed by atoms with van der Waals surface area (Å²) in [6.07, 6.45) is 1.27. The number of benzene rings is 1. The van der Waals surface area contributed by atoms with Crippen molar-refractivity contribution in [3.63, 3.8) is 0 Å². The lowest BCUT2D eigenvalue weighted by atomic mass is 10.2. The highest BCUT2D eigenvalue weighted by atomic mass is 16.2. The van der Waals surface area contributed by atoms with Crippen molar-refractivity contribution in [3.05, 3.63) is 42.6 Å². The molecule has 78 valence electrons. The van der Waals surface area contributed by atoms with Crippen LogP contribution in [0.5, 0.6) is 0 Å². The van der Waals surface area contributed by atoms with Gasteiger partial charge in [0.2, 0.25) is 5.91 Å². The van der Waals surface area contributed by atoms with Crippen molar-refractivity contribution >= 4 is 17.6 Å². The summed E-state index contributed by atoms with van der Waals surface area (Å²) in [6, 6.07) is 5.85. The summed E-state index contributed by atoms with van der Waals surface area (Å²) in [4.78, 5) is 21.8. The van der Waals surface area contributed by atoms with Gasteiger partial charge in [-0.2, -0.15) is 0 Å². The van der Waals surface area contributed by atoms with Crippen LogP contribution in [0.15, 0.2) is 37.0 Å². The normalized spacial score (nSPS) is 9.07. The molecule has 0 fully saturated rings. The molecule has 0 saturated heterocycles. The van der Waals surface area contributed by atoms with Gasteiger partial charge in [0.1, 0.15) is 0 Å². The summed E-state index contributed by atoms with van der Waals surface area (Å²) in [7, 11) is 0. The zero-order chi connectivity index (χ0) is 11.3. The fraction of sp³-hybridized carbons (Fsp3) is 0. The highest BCUT2D eigenvalue weighted by Gasteiger charge is 2.01. The minimum absolute atomic E-state index is 0.392. The molecular formula is C10H11N3O2. The van der Waals surface area contributed by atoms with Crippen molar-refractivity contribution in [1.29, 1.82) is 0 Å². The van der Waals surface area contributed by atoms with Gasteiger partial charge in [0.05, 0.1) is 0 Å². The minimum Gasteiger partial charge on any atom is -0.366 e. The molecular weight excluding hydrogens is 194 g/mol. The monoisotopic (exact) mass is 205 g/mol. The van der Waals surface area contributed by atoms with Crippen LogP contribution in [-0.4, -0.2) is 11.9 Å². The fourth-order valence-electron chi connectivity index (χ4n) is 0.978. The number of nitrogens with two attached hydrogens (primary N) is 1. The molecule has 5 nitrogen and oxygen atoms in total. The van der Waals surface area contributed by atoms with E-state index in [-0.39, 0.29) is 0 Å². The van der Waals surface area contributed by atoms with E-state index in [0.717, 1.165) is 0 Å². The van der Waals surface area contributed by atoms with Gasteiger partial charge in [-0.25, -0.2) is 4.79 Å². The van der Waals surface area contributed by atoms with E-state index in [2.05, 4.69) is 17.2 Å². The molecule has 0 heterocycles. The number of hydrogen-bond acceptors (Lipinski definition) is 2. The van der Waals surface area contributed by atoms with E-state index in [4.69, 9.17) is 5.73 Å². The Morgan fingerprint density at radius 2 is 1.87 bits per heavy atom. The summed E-state index contributed by atoms with van der Waals surface area (Å²) in [6.45, 7) is 3.35. The average molecular weight is 205 g/mol. The highest BCUT2D eigenvalue weighted by molar-refractivity contribution is 5.94. The molecule has 0 unspecified atom stereocenters. The number of amides is 3. The van der Waals surface area contributed by atoms with Crippen LogP contribution in [0.1, 0.15) is 10.4 Å². The quantitative estimate of drug-likeness (QED) is 0.689. The predicted molar refractivity (Wildman–Crippen MR) is 57.3 cm³/mol. The molecule has 0 aliphatic carbocycles. The Morgan fingerprint density at radius 1 is 1.27 bits per heavy atom. The van der Waals surface area contributed by atoms with E-state index in [1.165, 1.54) is 18.3 Å². The smallest absolute Gasteiger partial charge is 0.323 e. The van der Waals surface area contributed by atoms with Crippen molar-refractivity contribution in [2.24, 2.45) is 5.73 Å². The third-order valence-corrected chi connectivity index (χ3v) is 1.66. The molecule has 1 rings (SSSR count). The molecule has 3 amide bonds. The van der Waals surface area contributed by atoms with Crippen molar-refractivity contribution in [2.45, 2.75) is 0 Å². The molecule has 1 aromatic rings. The van der Waals surface area contributed by atoms with Crippen LogP contribution >= 0.6 is 0 Å². The summed E-state index contributed by atoms with van der Waals surface area (Å²) in [5, 5.41) is 4.89. The van der Waals surface area contributed by atoms with Crippen LogP contribution in [-0.2, 0) is 0 Å². The average Bonchev–Trinajstić information content (AvgIpc) is 2.18. The summed E-state index contributed by atoms with van der Waals surface area (Å²) in [5.74, 6) is -0.503. The Balaban J connectivity index is 2.68. The van der Waals surface area contributed by atoms with Crippen molar-refractivity contribution in [3.8, 4) is 0 Å². The maximum atomic E-state index is 11.0. The van der Waals surface area contributed by atoms with Gasteiger partial charge in [0, 0.05) is 11.3 Å². The molecule has 5 heteroatoms. The first-order chi connectivity index (χ1) is 7.13. The molecule has 0 bridgehead atoms. The number of rotatable bonds is 3. The van der Waals surface area contributed by atoms with Crippen LogP contribution in [0, 0.1) is 0 Å². The van der Waals surface area contributed by atoms with Crippen molar-refractivity contribution in [1.82, 2.24) is 5.32 Å². The fourth-order valence-corrected chi connectivity index (χ4v) is 0.978. The Bertz CT molecular complexity index is 384. The van der Waals surface area contributed by atoms with Crippen molar-refractivity contribution in [2.75, 3.05) is 5.32 Å². The van der Waals surface area contributed by atoms with Gasteiger partial charge in [-0.05, 0) is 30.5 Å². The maximum absolute atomic E-state index is 11.0.